The Morgan fingerprint density at radius 2 is 2.05 bits per heavy atom. The lowest BCUT2D eigenvalue weighted by Crippen LogP contribution is -2.45. The highest BCUT2D eigenvalue weighted by Gasteiger charge is 2.24. The van der Waals surface area contributed by atoms with E-state index in [0.717, 1.165) is 0 Å². The molecule has 0 bridgehead atoms. The summed E-state index contributed by atoms with van der Waals surface area (Å²) in [4.78, 5) is 13.4. The fourth-order valence-corrected chi connectivity index (χ4v) is 2.55. The van der Waals surface area contributed by atoms with Crippen LogP contribution in [0.25, 0.3) is 0 Å². The Kier molecular flexibility index (Phi) is 5.01. The fraction of sp³-hybridized carbons (Fsp3) is 0.533. The zero-order chi connectivity index (χ0) is 15.4. The van der Waals surface area contributed by atoms with Crippen molar-refractivity contribution in [1.82, 2.24) is 5.32 Å². The average Bonchev–Trinajstić information content (AvgIpc) is 2.37. The molecule has 2 rings (SSSR count). The van der Waals surface area contributed by atoms with Gasteiger partial charge in [-0.05, 0) is 39.0 Å². The summed E-state index contributed by atoms with van der Waals surface area (Å²) in [5.74, 6) is -0.342. The third-order valence-electron chi connectivity index (χ3n) is 3.30. The lowest BCUT2D eigenvalue weighted by molar-refractivity contribution is -0.00539. The molecule has 1 heterocycles. The average molecular weight is 295 g/mol. The smallest absolute Gasteiger partial charge is 0.319 e. The predicted molar refractivity (Wildman–Crippen MR) is 81.3 cm³/mol. The van der Waals surface area contributed by atoms with Crippen LogP contribution in [-0.2, 0) is 4.74 Å². The van der Waals surface area contributed by atoms with Gasteiger partial charge in [0.25, 0.3) is 0 Å². The summed E-state index contributed by atoms with van der Waals surface area (Å²) < 4.78 is 19.9. The van der Waals surface area contributed by atoms with Crippen molar-refractivity contribution in [2.24, 2.45) is 0 Å². The Morgan fingerprint density at radius 1 is 1.38 bits per heavy atom. The molecule has 2 N–H and O–H groups in total. The highest BCUT2D eigenvalue weighted by Crippen LogP contribution is 2.26. The molecule has 2 atom stereocenters. The van der Waals surface area contributed by atoms with Crippen molar-refractivity contribution < 1.29 is 13.9 Å². The van der Waals surface area contributed by atoms with Crippen molar-refractivity contribution in [2.45, 2.75) is 33.0 Å². The number of hydrogen-bond acceptors (Lipinski definition) is 3. The van der Waals surface area contributed by atoms with Gasteiger partial charge < -0.3 is 20.3 Å². The number of urea groups is 1. The van der Waals surface area contributed by atoms with Gasteiger partial charge in [-0.15, -0.1) is 0 Å². The topological polar surface area (TPSA) is 53.6 Å². The first kappa shape index (κ1) is 15.6. The molecule has 1 fully saturated rings. The molecule has 0 radical (unpaired) electrons. The van der Waals surface area contributed by atoms with Gasteiger partial charge in [-0.3, -0.25) is 0 Å². The van der Waals surface area contributed by atoms with Gasteiger partial charge in [0.2, 0.25) is 0 Å². The van der Waals surface area contributed by atoms with Crippen LogP contribution in [0.4, 0.5) is 20.6 Å². The van der Waals surface area contributed by atoms with Crippen LogP contribution >= 0.6 is 0 Å². The first-order valence-electron chi connectivity index (χ1n) is 7.24. The summed E-state index contributed by atoms with van der Waals surface area (Å²) >= 11 is 0. The van der Waals surface area contributed by atoms with E-state index in [2.05, 4.69) is 10.6 Å². The SMILES string of the molecule is CCNC(=O)Nc1ccc(N2C[C@@H](C)O[C@H](C)C2)c(F)c1. The summed E-state index contributed by atoms with van der Waals surface area (Å²) in [6.45, 7) is 7.62. The maximum atomic E-state index is 14.3. The van der Waals surface area contributed by atoms with Crippen molar-refractivity contribution >= 4 is 17.4 Å². The number of carbonyl (C=O) groups is 1. The van der Waals surface area contributed by atoms with Crippen molar-refractivity contribution in [1.29, 1.82) is 0 Å². The summed E-state index contributed by atoms with van der Waals surface area (Å²) in [7, 11) is 0. The van der Waals surface area contributed by atoms with Crippen LogP contribution < -0.4 is 15.5 Å². The van der Waals surface area contributed by atoms with Gasteiger partial charge in [-0.25, -0.2) is 9.18 Å². The number of morpholine rings is 1. The molecule has 5 nitrogen and oxygen atoms in total. The molecule has 0 aliphatic carbocycles. The fourth-order valence-electron chi connectivity index (χ4n) is 2.55. The van der Waals surface area contributed by atoms with E-state index in [1.807, 2.05) is 25.7 Å². The molecule has 1 aromatic carbocycles. The number of ether oxygens (including phenoxy) is 1. The monoisotopic (exact) mass is 295 g/mol. The molecule has 0 aromatic heterocycles. The molecule has 0 unspecified atom stereocenters. The Balaban J connectivity index is 2.10. The molecule has 6 heteroatoms. The first-order valence-corrected chi connectivity index (χ1v) is 7.24. The highest BCUT2D eigenvalue weighted by atomic mass is 19.1. The second kappa shape index (κ2) is 6.76. The van der Waals surface area contributed by atoms with Crippen molar-refractivity contribution in [3.63, 3.8) is 0 Å². The molecule has 1 aliphatic heterocycles. The van der Waals surface area contributed by atoms with Crippen LogP contribution in [0.15, 0.2) is 18.2 Å². The second-order valence-electron chi connectivity index (χ2n) is 5.31. The van der Waals surface area contributed by atoms with E-state index in [9.17, 15) is 9.18 Å². The van der Waals surface area contributed by atoms with Crippen LogP contribution in [0, 0.1) is 5.82 Å². The third-order valence-corrected chi connectivity index (χ3v) is 3.30. The number of amides is 2. The lowest BCUT2D eigenvalue weighted by atomic mass is 10.2. The van der Waals surface area contributed by atoms with Gasteiger partial charge >= 0.3 is 6.03 Å². The van der Waals surface area contributed by atoms with E-state index < -0.39 is 0 Å². The number of nitrogens with one attached hydrogen (secondary N) is 2. The number of hydrogen-bond donors (Lipinski definition) is 2. The number of benzene rings is 1. The molecule has 1 aliphatic rings. The van der Waals surface area contributed by atoms with Crippen molar-refractivity contribution in [3.05, 3.63) is 24.0 Å². The van der Waals surface area contributed by atoms with E-state index in [1.54, 1.807) is 12.1 Å². The van der Waals surface area contributed by atoms with E-state index >= 15 is 0 Å². The summed E-state index contributed by atoms with van der Waals surface area (Å²) in [6, 6.07) is 4.41. The normalized spacial score (nSPS) is 22.0. The molecule has 0 spiro atoms. The number of halogens is 1. The maximum Gasteiger partial charge on any atom is 0.319 e. The minimum Gasteiger partial charge on any atom is -0.372 e. The molecular formula is C15H22FN3O2. The van der Waals surface area contributed by atoms with Crippen LogP contribution in [0.1, 0.15) is 20.8 Å². The second-order valence-corrected chi connectivity index (χ2v) is 5.31. The number of rotatable bonds is 3. The van der Waals surface area contributed by atoms with Gasteiger partial charge in [-0.1, -0.05) is 0 Å². The Bertz CT molecular complexity index is 500. The summed E-state index contributed by atoms with van der Waals surface area (Å²) in [5.41, 5.74) is 0.981. The van der Waals surface area contributed by atoms with Gasteiger partial charge in [-0.2, -0.15) is 0 Å². The Hall–Kier alpha value is -1.82. The van der Waals surface area contributed by atoms with Crippen LogP contribution in [-0.4, -0.2) is 37.9 Å². The predicted octanol–water partition coefficient (Wildman–Crippen LogP) is 2.58. The zero-order valence-corrected chi connectivity index (χ0v) is 12.6. The van der Waals surface area contributed by atoms with Crippen LogP contribution in [0.2, 0.25) is 0 Å². The van der Waals surface area contributed by atoms with Gasteiger partial charge in [0, 0.05) is 25.3 Å². The third kappa shape index (κ3) is 4.07. The van der Waals surface area contributed by atoms with E-state index in [1.165, 1.54) is 6.07 Å². The molecule has 2 amide bonds. The lowest BCUT2D eigenvalue weighted by Gasteiger charge is -2.37. The number of carbonyl (C=O) groups excluding carboxylic acids is 1. The van der Waals surface area contributed by atoms with Crippen LogP contribution in [0.5, 0.6) is 0 Å². The van der Waals surface area contributed by atoms with Gasteiger partial charge in [0.1, 0.15) is 5.82 Å². The largest absolute Gasteiger partial charge is 0.372 e. The summed E-state index contributed by atoms with van der Waals surface area (Å²) in [6.07, 6.45) is 0.141. The quantitative estimate of drug-likeness (QED) is 0.901. The number of nitrogens with zero attached hydrogens (tertiary/aromatic N) is 1. The van der Waals surface area contributed by atoms with Gasteiger partial charge in [0.15, 0.2) is 0 Å². The maximum absolute atomic E-state index is 14.3. The van der Waals surface area contributed by atoms with E-state index in [0.29, 0.717) is 31.0 Å². The standard InChI is InChI=1S/C15H22FN3O2/c1-4-17-15(20)18-12-5-6-14(13(16)7-12)19-8-10(2)21-11(3)9-19/h5-7,10-11H,4,8-9H2,1-3H3,(H2,17,18,20)/t10-,11-/m1/s1. The molecule has 0 saturated carbocycles. The molecule has 21 heavy (non-hydrogen) atoms. The Morgan fingerprint density at radius 3 is 2.62 bits per heavy atom. The molecular weight excluding hydrogens is 273 g/mol. The number of anilines is 2. The molecule has 1 saturated heterocycles. The summed E-state index contributed by atoms with van der Waals surface area (Å²) in [5, 5.41) is 5.20. The van der Waals surface area contributed by atoms with E-state index in [4.69, 9.17) is 4.74 Å². The van der Waals surface area contributed by atoms with Crippen molar-refractivity contribution in [3.8, 4) is 0 Å². The van der Waals surface area contributed by atoms with Crippen LogP contribution in [0.3, 0.4) is 0 Å². The minimum atomic E-state index is -0.342. The van der Waals surface area contributed by atoms with Crippen molar-refractivity contribution in [2.75, 3.05) is 29.9 Å². The molecule has 1 aromatic rings. The van der Waals surface area contributed by atoms with E-state index in [-0.39, 0.29) is 24.1 Å². The minimum absolute atomic E-state index is 0.0706. The zero-order valence-electron chi connectivity index (χ0n) is 12.6. The molecule has 116 valence electrons. The van der Waals surface area contributed by atoms with Gasteiger partial charge in [0.05, 0.1) is 17.9 Å². The highest BCUT2D eigenvalue weighted by molar-refractivity contribution is 5.89. The Labute approximate surface area is 124 Å². The first-order chi connectivity index (χ1) is 9.99.